The van der Waals surface area contributed by atoms with Crippen LogP contribution in [0.15, 0.2) is 0 Å². The molecule has 3 nitrogen and oxygen atoms in total. The smallest absolute Gasteiger partial charge is 0.0259 e. The van der Waals surface area contributed by atoms with Crippen LogP contribution in [0.3, 0.4) is 0 Å². The van der Waals surface area contributed by atoms with Gasteiger partial charge in [0.05, 0.1) is 0 Å². The standard InChI is InChI=1S/C15H29N3/c1-17-8-10-18(11-9-17)16-15-7-6-13-4-2-3-5-14(13)12-15/h13-16H,2-12H2,1H3. The maximum atomic E-state index is 3.82. The van der Waals surface area contributed by atoms with Gasteiger partial charge in [0.15, 0.2) is 0 Å². The van der Waals surface area contributed by atoms with Gasteiger partial charge in [-0.05, 0) is 38.1 Å². The van der Waals surface area contributed by atoms with E-state index in [1.165, 1.54) is 71.1 Å². The van der Waals surface area contributed by atoms with E-state index in [4.69, 9.17) is 0 Å². The number of fused-ring (bicyclic) bond motifs is 1. The Morgan fingerprint density at radius 2 is 1.56 bits per heavy atom. The summed E-state index contributed by atoms with van der Waals surface area (Å²) in [5, 5.41) is 2.48. The van der Waals surface area contributed by atoms with Gasteiger partial charge in [-0.1, -0.05) is 25.7 Å². The predicted octanol–water partition coefficient (Wildman–Crippen LogP) is 2.10. The van der Waals surface area contributed by atoms with E-state index >= 15 is 0 Å². The quantitative estimate of drug-likeness (QED) is 0.811. The third-order valence-corrected chi connectivity index (χ3v) is 5.41. The SMILES string of the molecule is CN1CCN(NC2CCC3CCCCC3C2)CC1. The maximum Gasteiger partial charge on any atom is 0.0259 e. The molecule has 1 aliphatic heterocycles. The molecular weight excluding hydrogens is 222 g/mol. The van der Waals surface area contributed by atoms with Gasteiger partial charge in [0.25, 0.3) is 0 Å². The van der Waals surface area contributed by atoms with Crippen LogP contribution in [0.4, 0.5) is 0 Å². The van der Waals surface area contributed by atoms with Crippen molar-refractivity contribution in [1.29, 1.82) is 0 Å². The van der Waals surface area contributed by atoms with Gasteiger partial charge in [0.2, 0.25) is 0 Å². The third-order valence-electron chi connectivity index (χ3n) is 5.41. The molecule has 0 spiro atoms. The van der Waals surface area contributed by atoms with Crippen LogP contribution in [0.25, 0.3) is 0 Å². The summed E-state index contributed by atoms with van der Waals surface area (Å²) in [6.45, 7) is 4.82. The number of nitrogens with one attached hydrogen (secondary N) is 1. The molecule has 1 heterocycles. The summed E-state index contributed by atoms with van der Waals surface area (Å²) >= 11 is 0. The molecule has 0 aromatic rings. The highest BCUT2D eigenvalue weighted by molar-refractivity contribution is 4.86. The topological polar surface area (TPSA) is 18.5 Å². The summed E-state index contributed by atoms with van der Waals surface area (Å²) in [4.78, 5) is 2.43. The number of hydrogen-bond donors (Lipinski definition) is 1. The van der Waals surface area contributed by atoms with Crippen LogP contribution in [0.2, 0.25) is 0 Å². The van der Waals surface area contributed by atoms with E-state index in [2.05, 4.69) is 22.4 Å². The third kappa shape index (κ3) is 3.06. The summed E-state index contributed by atoms with van der Waals surface area (Å²) in [5.41, 5.74) is 3.82. The van der Waals surface area contributed by atoms with Gasteiger partial charge in [-0.2, -0.15) is 0 Å². The van der Waals surface area contributed by atoms with Crippen molar-refractivity contribution in [2.75, 3.05) is 33.2 Å². The molecule has 104 valence electrons. The van der Waals surface area contributed by atoms with Crippen LogP contribution in [0.1, 0.15) is 44.9 Å². The van der Waals surface area contributed by atoms with Gasteiger partial charge in [0.1, 0.15) is 0 Å². The lowest BCUT2D eigenvalue weighted by Crippen LogP contribution is -2.55. The second-order valence-electron chi connectivity index (χ2n) is 6.73. The highest BCUT2D eigenvalue weighted by Gasteiger charge is 2.32. The average Bonchev–Trinajstić information content (AvgIpc) is 2.41. The number of rotatable bonds is 2. The lowest BCUT2D eigenvalue weighted by molar-refractivity contribution is 0.0530. The lowest BCUT2D eigenvalue weighted by atomic mass is 9.69. The zero-order chi connectivity index (χ0) is 12.4. The maximum absolute atomic E-state index is 3.82. The fourth-order valence-electron chi connectivity index (χ4n) is 4.18. The number of piperazine rings is 1. The predicted molar refractivity (Wildman–Crippen MR) is 75.3 cm³/mol. The Bertz CT molecular complexity index is 260. The number of likely N-dealkylation sites (N-methyl/N-ethyl adjacent to an activating group) is 1. The van der Waals surface area contributed by atoms with Crippen LogP contribution in [0, 0.1) is 11.8 Å². The minimum atomic E-state index is 0.771. The molecule has 3 aliphatic rings. The van der Waals surface area contributed by atoms with Crippen molar-refractivity contribution in [2.45, 2.75) is 51.0 Å². The first kappa shape index (κ1) is 12.9. The van der Waals surface area contributed by atoms with Gasteiger partial charge in [0, 0.05) is 32.2 Å². The minimum Gasteiger partial charge on any atom is -0.304 e. The first-order chi connectivity index (χ1) is 8.81. The van der Waals surface area contributed by atoms with Gasteiger partial charge in [-0.25, -0.2) is 5.01 Å². The zero-order valence-electron chi connectivity index (χ0n) is 11.9. The fourth-order valence-corrected chi connectivity index (χ4v) is 4.18. The van der Waals surface area contributed by atoms with E-state index in [1.807, 2.05) is 0 Å². The first-order valence-corrected chi connectivity index (χ1v) is 8.01. The molecule has 3 heteroatoms. The van der Waals surface area contributed by atoms with E-state index in [0.29, 0.717) is 0 Å². The Balaban J connectivity index is 1.46. The second kappa shape index (κ2) is 5.89. The summed E-state index contributed by atoms with van der Waals surface area (Å²) in [6.07, 6.45) is 10.3. The average molecular weight is 251 g/mol. The van der Waals surface area contributed by atoms with Crippen molar-refractivity contribution >= 4 is 0 Å². The van der Waals surface area contributed by atoms with Crippen LogP contribution in [-0.2, 0) is 0 Å². The monoisotopic (exact) mass is 251 g/mol. The molecule has 1 saturated heterocycles. The molecule has 2 saturated carbocycles. The Labute approximate surface area is 112 Å². The van der Waals surface area contributed by atoms with Gasteiger partial charge in [-0.15, -0.1) is 0 Å². The molecular formula is C15H29N3. The molecule has 2 aliphatic carbocycles. The molecule has 0 radical (unpaired) electrons. The van der Waals surface area contributed by atoms with Crippen LogP contribution < -0.4 is 5.43 Å². The van der Waals surface area contributed by atoms with Gasteiger partial charge < -0.3 is 4.90 Å². The molecule has 3 unspecified atom stereocenters. The minimum absolute atomic E-state index is 0.771. The summed E-state index contributed by atoms with van der Waals surface area (Å²) in [6, 6.07) is 0.771. The van der Waals surface area contributed by atoms with Crippen molar-refractivity contribution < 1.29 is 0 Å². The van der Waals surface area contributed by atoms with E-state index < -0.39 is 0 Å². The van der Waals surface area contributed by atoms with Crippen LogP contribution in [-0.4, -0.2) is 49.2 Å². The molecule has 0 bridgehead atoms. The van der Waals surface area contributed by atoms with E-state index in [1.54, 1.807) is 0 Å². The van der Waals surface area contributed by atoms with Crippen molar-refractivity contribution in [3.63, 3.8) is 0 Å². The molecule has 1 N–H and O–H groups in total. The second-order valence-corrected chi connectivity index (χ2v) is 6.73. The largest absolute Gasteiger partial charge is 0.304 e. The molecule has 3 atom stereocenters. The highest BCUT2D eigenvalue weighted by atomic mass is 15.5. The Kier molecular flexibility index (Phi) is 4.22. The van der Waals surface area contributed by atoms with E-state index in [-0.39, 0.29) is 0 Å². The lowest BCUT2D eigenvalue weighted by Gasteiger charge is -2.42. The molecule has 0 aromatic heterocycles. The van der Waals surface area contributed by atoms with Gasteiger partial charge >= 0.3 is 0 Å². The summed E-state index contributed by atoms with van der Waals surface area (Å²) < 4.78 is 0. The summed E-state index contributed by atoms with van der Waals surface area (Å²) in [5.74, 6) is 2.11. The molecule has 0 amide bonds. The van der Waals surface area contributed by atoms with Crippen LogP contribution >= 0.6 is 0 Å². The summed E-state index contributed by atoms with van der Waals surface area (Å²) in [7, 11) is 2.23. The number of nitrogens with zero attached hydrogens (tertiary/aromatic N) is 2. The molecule has 3 rings (SSSR count). The van der Waals surface area contributed by atoms with Gasteiger partial charge in [-0.3, -0.25) is 5.43 Å². The normalized spacial score (nSPS) is 39.5. The first-order valence-electron chi connectivity index (χ1n) is 8.01. The molecule has 3 fully saturated rings. The Hall–Kier alpha value is -0.120. The van der Waals surface area contributed by atoms with E-state index in [0.717, 1.165) is 17.9 Å². The number of hydrazine groups is 1. The zero-order valence-corrected chi connectivity index (χ0v) is 11.9. The van der Waals surface area contributed by atoms with Crippen molar-refractivity contribution in [3.05, 3.63) is 0 Å². The Morgan fingerprint density at radius 3 is 2.33 bits per heavy atom. The molecule has 18 heavy (non-hydrogen) atoms. The van der Waals surface area contributed by atoms with Crippen molar-refractivity contribution in [3.8, 4) is 0 Å². The number of hydrogen-bond acceptors (Lipinski definition) is 3. The van der Waals surface area contributed by atoms with E-state index in [9.17, 15) is 0 Å². The highest BCUT2D eigenvalue weighted by Crippen LogP contribution is 2.40. The van der Waals surface area contributed by atoms with Crippen molar-refractivity contribution in [1.82, 2.24) is 15.3 Å². The van der Waals surface area contributed by atoms with Crippen LogP contribution in [0.5, 0.6) is 0 Å². The molecule has 0 aromatic carbocycles. The Morgan fingerprint density at radius 1 is 0.833 bits per heavy atom. The fraction of sp³-hybridized carbons (Fsp3) is 1.00. The van der Waals surface area contributed by atoms with Crippen molar-refractivity contribution in [2.24, 2.45) is 11.8 Å².